The van der Waals surface area contributed by atoms with E-state index in [1.165, 1.54) is 0 Å². The lowest BCUT2D eigenvalue weighted by Gasteiger charge is -2.12. The minimum absolute atomic E-state index is 0. The molecule has 0 atom stereocenters. The maximum Gasteiger partial charge on any atom is 0.191 e. The molecule has 2 aromatic rings. The normalized spacial score (nSPS) is 11.2. The first-order valence-electron chi connectivity index (χ1n) is 8.09. The van der Waals surface area contributed by atoms with Gasteiger partial charge in [-0.15, -0.1) is 34.2 Å². The number of guanidine groups is 1. The number of rotatable bonds is 9. The first kappa shape index (κ1) is 21.8. The number of nitrogens with zero attached hydrogens (tertiary/aromatic N) is 4. The highest BCUT2D eigenvalue weighted by atomic mass is 127. The Morgan fingerprint density at radius 1 is 1.32 bits per heavy atom. The zero-order chi connectivity index (χ0) is 17.2. The second kappa shape index (κ2) is 12.2. The highest BCUT2D eigenvalue weighted by molar-refractivity contribution is 14.0. The smallest absolute Gasteiger partial charge is 0.191 e. The van der Waals surface area contributed by atoms with Crippen LogP contribution in [0.3, 0.4) is 0 Å². The van der Waals surface area contributed by atoms with Crippen molar-refractivity contribution >= 4 is 41.7 Å². The van der Waals surface area contributed by atoms with E-state index in [0.29, 0.717) is 6.54 Å². The van der Waals surface area contributed by atoms with Crippen molar-refractivity contribution in [1.82, 2.24) is 25.4 Å². The molecule has 0 aliphatic carbocycles. The Labute approximate surface area is 170 Å². The van der Waals surface area contributed by atoms with Crippen molar-refractivity contribution < 1.29 is 4.42 Å². The Morgan fingerprint density at radius 2 is 2.12 bits per heavy atom. The number of aromatic nitrogens is 3. The van der Waals surface area contributed by atoms with E-state index in [1.807, 2.05) is 42.4 Å². The predicted octanol–water partition coefficient (Wildman–Crippen LogP) is 2.37. The summed E-state index contributed by atoms with van der Waals surface area (Å²) >= 11 is 1.85. The average Bonchev–Trinajstić information content (AvgIpc) is 3.20. The summed E-state index contributed by atoms with van der Waals surface area (Å²) in [5.41, 5.74) is 0. The van der Waals surface area contributed by atoms with Crippen molar-refractivity contribution in [1.29, 1.82) is 0 Å². The van der Waals surface area contributed by atoms with Gasteiger partial charge in [0, 0.05) is 26.6 Å². The molecule has 0 fully saturated rings. The molecule has 140 valence electrons. The molecule has 0 spiro atoms. The van der Waals surface area contributed by atoms with E-state index in [0.717, 1.165) is 55.1 Å². The fraction of sp³-hybridized carbons (Fsp3) is 0.562. The van der Waals surface area contributed by atoms with Gasteiger partial charge in [-0.2, -0.15) is 11.8 Å². The number of furan rings is 1. The van der Waals surface area contributed by atoms with E-state index >= 15 is 0 Å². The molecule has 0 aliphatic heterocycles. The lowest BCUT2D eigenvalue weighted by molar-refractivity contribution is 0.506. The maximum atomic E-state index is 5.35. The summed E-state index contributed by atoms with van der Waals surface area (Å²) < 4.78 is 7.31. The number of nitrogens with one attached hydrogen (secondary N) is 2. The molecule has 2 N–H and O–H groups in total. The van der Waals surface area contributed by atoms with Gasteiger partial charge in [0.2, 0.25) is 0 Å². The molecule has 0 radical (unpaired) electrons. The molecule has 0 bridgehead atoms. The van der Waals surface area contributed by atoms with Crippen LogP contribution in [-0.4, -0.2) is 45.8 Å². The van der Waals surface area contributed by atoms with Crippen LogP contribution in [-0.2, 0) is 20.0 Å². The highest BCUT2D eigenvalue weighted by Gasteiger charge is 2.05. The zero-order valence-electron chi connectivity index (χ0n) is 15.0. The lowest BCUT2D eigenvalue weighted by Crippen LogP contribution is -2.39. The monoisotopic (exact) mass is 478 g/mol. The van der Waals surface area contributed by atoms with Gasteiger partial charge in [-0.25, -0.2) is 4.99 Å². The highest BCUT2D eigenvalue weighted by Crippen LogP contribution is 2.01. The van der Waals surface area contributed by atoms with Crippen molar-refractivity contribution in [2.24, 2.45) is 12.0 Å². The minimum atomic E-state index is 0. The van der Waals surface area contributed by atoms with Gasteiger partial charge in [-0.3, -0.25) is 0 Å². The number of aryl methyl sites for hydroxylation is 1. The van der Waals surface area contributed by atoms with Gasteiger partial charge in [0.15, 0.2) is 11.8 Å². The van der Waals surface area contributed by atoms with E-state index in [2.05, 4.69) is 32.1 Å². The first-order chi connectivity index (χ1) is 11.7. The standard InChI is InChI=1S/C16H26N6OS.HI/c1-13-20-21-15(22(13)2)12-19-16(17-8-5-11-24-3)18-9-7-14-6-4-10-23-14;/h4,6,10H,5,7-9,11-12H2,1-3H3,(H2,17,18,19);1H. The molecule has 0 unspecified atom stereocenters. The molecule has 0 amide bonds. The van der Waals surface area contributed by atoms with E-state index in [-0.39, 0.29) is 24.0 Å². The van der Waals surface area contributed by atoms with Crippen LogP contribution in [0.15, 0.2) is 27.8 Å². The molecule has 9 heteroatoms. The van der Waals surface area contributed by atoms with Crippen LogP contribution >= 0.6 is 35.7 Å². The largest absolute Gasteiger partial charge is 0.469 e. The van der Waals surface area contributed by atoms with Crippen LogP contribution in [0.1, 0.15) is 23.8 Å². The van der Waals surface area contributed by atoms with Crippen molar-refractivity contribution in [3.63, 3.8) is 0 Å². The third kappa shape index (κ3) is 7.68. The van der Waals surface area contributed by atoms with E-state index in [1.54, 1.807) is 6.26 Å². The quantitative estimate of drug-likeness (QED) is 0.249. The van der Waals surface area contributed by atoms with Gasteiger partial charge >= 0.3 is 0 Å². The molecule has 25 heavy (non-hydrogen) atoms. The van der Waals surface area contributed by atoms with Crippen LogP contribution in [0.2, 0.25) is 0 Å². The fourth-order valence-corrected chi connectivity index (χ4v) is 2.53. The minimum Gasteiger partial charge on any atom is -0.469 e. The summed E-state index contributed by atoms with van der Waals surface area (Å²) in [5.74, 6) is 4.63. The van der Waals surface area contributed by atoms with Crippen molar-refractivity contribution in [2.75, 3.05) is 25.1 Å². The van der Waals surface area contributed by atoms with Gasteiger partial charge in [-0.05, 0) is 37.5 Å². The van der Waals surface area contributed by atoms with Gasteiger partial charge in [-0.1, -0.05) is 0 Å². The summed E-state index contributed by atoms with van der Waals surface area (Å²) in [6.45, 7) is 4.09. The molecule has 2 rings (SSSR count). The van der Waals surface area contributed by atoms with E-state index in [9.17, 15) is 0 Å². The fourth-order valence-electron chi connectivity index (χ4n) is 2.10. The molecule has 2 aromatic heterocycles. The molecule has 0 saturated heterocycles. The van der Waals surface area contributed by atoms with Crippen molar-refractivity contribution in [3.05, 3.63) is 35.8 Å². The maximum absolute atomic E-state index is 5.35. The van der Waals surface area contributed by atoms with E-state index in [4.69, 9.17) is 4.42 Å². The third-order valence-corrected chi connectivity index (χ3v) is 4.32. The SMILES string of the molecule is CSCCCNC(=NCc1nnc(C)n1C)NCCc1ccco1.I. The average molecular weight is 478 g/mol. The van der Waals surface area contributed by atoms with Gasteiger partial charge < -0.3 is 19.6 Å². The van der Waals surface area contributed by atoms with Gasteiger partial charge in [0.25, 0.3) is 0 Å². The third-order valence-electron chi connectivity index (χ3n) is 3.62. The molecule has 0 aromatic carbocycles. The summed E-state index contributed by atoms with van der Waals surface area (Å²) in [4.78, 5) is 4.62. The topological polar surface area (TPSA) is 80.3 Å². The summed E-state index contributed by atoms with van der Waals surface area (Å²) in [5, 5.41) is 14.9. The van der Waals surface area contributed by atoms with Crippen LogP contribution in [0.5, 0.6) is 0 Å². The zero-order valence-corrected chi connectivity index (χ0v) is 18.1. The number of halogens is 1. The Bertz CT molecular complexity index is 629. The number of thioether (sulfide) groups is 1. The Balaban J connectivity index is 0.00000312. The molecule has 2 heterocycles. The number of hydrogen-bond acceptors (Lipinski definition) is 5. The predicted molar refractivity (Wildman–Crippen MR) is 114 cm³/mol. The second-order valence-corrected chi connectivity index (χ2v) is 6.40. The Morgan fingerprint density at radius 3 is 2.76 bits per heavy atom. The van der Waals surface area contributed by atoms with Crippen molar-refractivity contribution in [2.45, 2.75) is 26.3 Å². The van der Waals surface area contributed by atoms with Gasteiger partial charge in [0.1, 0.15) is 18.1 Å². The summed E-state index contributed by atoms with van der Waals surface area (Å²) in [6.07, 6.45) is 5.74. The molecular formula is C16H27IN6OS. The Kier molecular flexibility index (Phi) is 10.6. The summed E-state index contributed by atoms with van der Waals surface area (Å²) in [6, 6.07) is 3.88. The molecule has 0 aliphatic rings. The molecule has 7 nitrogen and oxygen atoms in total. The number of aliphatic imine (C=N–C) groups is 1. The van der Waals surface area contributed by atoms with Crippen molar-refractivity contribution in [3.8, 4) is 0 Å². The lowest BCUT2D eigenvalue weighted by atomic mass is 10.3. The number of hydrogen-bond donors (Lipinski definition) is 2. The van der Waals surface area contributed by atoms with E-state index < -0.39 is 0 Å². The van der Waals surface area contributed by atoms with Crippen LogP contribution in [0.4, 0.5) is 0 Å². The van der Waals surface area contributed by atoms with Crippen LogP contribution in [0.25, 0.3) is 0 Å². The Hall–Kier alpha value is -1.23. The summed E-state index contributed by atoms with van der Waals surface area (Å²) in [7, 11) is 1.95. The molecule has 0 saturated carbocycles. The van der Waals surface area contributed by atoms with Gasteiger partial charge in [0.05, 0.1) is 6.26 Å². The first-order valence-corrected chi connectivity index (χ1v) is 9.48. The van der Waals surface area contributed by atoms with Crippen LogP contribution in [0, 0.1) is 6.92 Å². The van der Waals surface area contributed by atoms with Crippen LogP contribution < -0.4 is 10.6 Å². The molecular weight excluding hydrogens is 451 g/mol. The second-order valence-electron chi connectivity index (χ2n) is 5.42.